The molecular formula is C19H17NO3S. The van der Waals surface area contributed by atoms with E-state index in [-0.39, 0.29) is 17.2 Å². The number of fused-ring (bicyclic) bond motifs is 1. The van der Waals surface area contributed by atoms with Crippen molar-refractivity contribution in [2.24, 2.45) is 0 Å². The van der Waals surface area contributed by atoms with E-state index in [2.05, 4.69) is 5.32 Å². The Hall–Kier alpha value is -2.66. The minimum absolute atomic E-state index is 0.00999. The van der Waals surface area contributed by atoms with Crippen molar-refractivity contribution < 1.29 is 13.2 Å². The Kier molecular flexibility index (Phi) is 4.36. The van der Waals surface area contributed by atoms with Crippen LogP contribution in [0.25, 0.3) is 10.8 Å². The zero-order valence-electron chi connectivity index (χ0n) is 13.2. The maximum Gasteiger partial charge on any atom is 0.228 e. The van der Waals surface area contributed by atoms with Gasteiger partial charge in [0.05, 0.1) is 11.3 Å². The maximum atomic E-state index is 12.3. The van der Waals surface area contributed by atoms with E-state index in [0.717, 1.165) is 17.0 Å². The molecule has 0 radical (unpaired) electrons. The molecule has 1 amide bonds. The SMILES string of the molecule is CS(=O)(=O)c1ccccc1CC(=O)Nc1ccc2ccccc2c1. The molecule has 0 aliphatic heterocycles. The fourth-order valence-corrected chi connectivity index (χ4v) is 3.60. The van der Waals surface area contributed by atoms with E-state index in [1.54, 1.807) is 18.2 Å². The van der Waals surface area contributed by atoms with Gasteiger partial charge in [-0.2, -0.15) is 0 Å². The molecule has 5 heteroatoms. The molecule has 0 fully saturated rings. The van der Waals surface area contributed by atoms with Crippen LogP contribution >= 0.6 is 0 Å². The summed E-state index contributed by atoms with van der Waals surface area (Å²) in [5.74, 6) is -0.249. The highest BCUT2D eigenvalue weighted by molar-refractivity contribution is 7.90. The van der Waals surface area contributed by atoms with Crippen LogP contribution in [0.3, 0.4) is 0 Å². The largest absolute Gasteiger partial charge is 0.326 e. The molecular weight excluding hydrogens is 322 g/mol. The van der Waals surface area contributed by atoms with Crippen molar-refractivity contribution in [1.82, 2.24) is 0 Å². The summed E-state index contributed by atoms with van der Waals surface area (Å²) in [5, 5.41) is 4.96. The van der Waals surface area contributed by atoms with Crippen molar-refractivity contribution in [2.45, 2.75) is 11.3 Å². The number of hydrogen-bond acceptors (Lipinski definition) is 3. The molecule has 0 spiro atoms. The average Bonchev–Trinajstić information content (AvgIpc) is 2.54. The van der Waals surface area contributed by atoms with Crippen molar-refractivity contribution in [1.29, 1.82) is 0 Å². The predicted octanol–water partition coefficient (Wildman–Crippen LogP) is 3.42. The fourth-order valence-electron chi connectivity index (χ4n) is 2.66. The van der Waals surface area contributed by atoms with Gasteiger partial charge in [0.1, 0.15) is 0 Å². The Morgan fingerprint density at radius 1 is 0.917 bits per heavy atom. The standard InChI is InChI=1S/C19H17NO3S/c1-24(22,23)18-9-5-4-8-16(18)13-19(21)20-17-11-10-14-6-2-3-7-15(14)12-17/h2-12H,13H2,1H3,(H,20,21). The van der Waals surface area contributed by atoms with E-state index >= 15 is 0 Å². The molecule has 24 heavy (non-hydrogen) atoms. The molecule has 0 bridgehead atoms. The third kappa shape index (κ3) is 3.63. The first-order chi connectivity index (χ1) is 11.4. The van der Waals surface area contributed by atoms with Crippen LogP contribution < -0.4 is 5.32 Å². The number of sulfone groups is 1. The minimum atomic E-state index is -3.36. The average molecular weight is 339 g/mol. The second kappa shape index (κ2) is 6.45. The molecule has 0 aromatic heterocycles. The summed E-state index contributed by atoms with van der Waals surface area (Å²) in [6.07, 6.45) is 1.16. The highest BCUT2D eigenvalue weighted by Gasteiger charge is 2.15. The topological polar surface area (TPSA) is 63.2 Å². The van der Waals surface area contributed by atoms with Gasteiger partial charge in [-0.15, -0.1) is 0 Å². The molecule has 0 aliphatic carbocycles. The van der Waals surface area contributed by atoms with E-state index in [0.29, 0.717) is 11.3 Å². The van der Waals surface area contributed by atoms with Gasteiger partial charge in [-0.3, -0.25) is 4.79 Å². The molecule has 0 saturated heterocycles. The van der Waals surface area contributed by atoms with E-state index in [1.165, 1.54) is 6.07 Å². The monoisotopic (exact) mass is 339 g/mol. The second-order valence-electron chi connectivity index (χ2n) is 5.67. The minimum Gasteiger partial charge on any atom is -0.326 e. The molecule has 0 saturated carbocycles. The number of nitrogens with one attached hydrogen (secondary N) is 1. The van der Waals surface area contributed by atoms with Gasteiger partial charge in [-0.1, -0.05) is 48.5 Å². The van der Waals surface area contributed by atoms with Crippen molar-refractivity contribution in [3.8, 4) is 0 Å². The molecule has 122 valence electrons. The number of hydrogen-bond donors (Lipinski definition) is 1. The van der Waals surface area contributed by atoms with Crippen LogP contribution in [0, 0.1) is 0 Å². The lowest BCUT2D eigenvalue weighted by Crippen LogP contribution is -2.16. The quantitative estimate of drug-likeness (QED) is 0.792. The van der Waals surface area contributed by atoms with Crippen molar-refractivity contribution in [3.05, 3.63) is 72.3 Å². The van der Waals surface area contributed by atoms with Crippen molar-refractivity contribution >= 4 is 32.2 Å². The number of carbonyl (C=O) groups excluding carboxylic acids is 1. The Morgan fingerprint density at radius 2 is 1.58 bits per heavy atom. The number of amides is 1. The molecule has 3 aromatic carbocycles. The molecule has 3 rings (SSSR count). The van der Waals surface area contributed by atoms with Crippen LogP contribution in [-0.2, 0) is 21.1 Å². The highest BCUT2D eigenvalue weighted by atomic mass is 32.2. The number of carbonyl (C=O) groups is 1. The summed E-state index contributed by atoms with van der Waals surface area (Å²) in [7, 11) is -3.36. The summed E-state index contributed by atoms with van der Waals surface area (Å²) in [6, 6.07) is 20.1. The van der Waals surface area contributed by atoms with E-state index in [1.807, 2.05) is 42.5 Å². The zero-order chi connectivity index (χ0) is 17.2. The fraction of sp³-hybridized carbons (Fsp3) is 0.105. The highest BCUT2D eigenvalue weighted by Crippen LogP contribution is 2.20. The van der Waals surface area contributed by atoms with E-state index in [4.69, 9.17) is 0 Å². The molecule has 0 aliphatic rings. The summed E-state index contributed by atoms with van der Waals surface area (Å²) in [6.45, 7) is 0. The van der Waals surface area contributed by atoms with Gasteiger partial charge < -0.3 is 5.32 Å². The van der Waals surface area contributed by atoms with Crippen molar-refractivity contribution in [3.63, 3.8) is 0 Å². The zero-order valence-corrected chi connectivity index (χ0v) is 14.0. The number of benzene rings is 3. The lowest BCUT2D eigenvalue weighted by atomic mass is 10.1. The first-order valence-corrected chi connectivity index (χ1v) is 9.39. The second-order valence-corrected chi connectivity index (χ2v) is 7.65. The van der Waals surface area contributed by atoms with Gasteiger partial charge in [0, 0.05) is 11.9 Å². The Morgan fingerprint density at radius 3 is 2.33 bits per heavy atom. The van der Waals surface area contributed by atoms with Gasteiger partial charge in [-0.05, 0) is 34.5 Å². The normalized spacial score (nSPS) is 11.4. The summed E-state index contributed by atoms with van der Waals surface area (Å²) < 4.78 is 23.6. The van der Waals surface area contributed by atoms with E-state index in [9.17, 15) is 13.2 Å². The Labute approximate surface area is 141 Å². The molecule has 0 unspecified atom stereocenters. The summed E-state index contributed by atoms with van der Waals surface area (Å²) >= 11 is 0. The lowest BCUT2D eigenvalue weighted by molar-refractivity contribution is -0.115. The van der Waals surface area contributed by atoms with E-state index < -0.39 is 9.84 Å². The van der Waals surface area contributed by atoms with Gasteiger partial charge >= 0.3 is 0 Å². The van der Waals surface area contributed by atoms with Crippen molar-refractivity contribution in [2.75, 3.05) is 11.6 Å². The lowest BCUT2D eigenvalue weighted by Gasteiger charge is -2.09. The van der Waals surface area contributed by atoms with Gasteiger partial charge in [0.25, 0.3) is 0 Å². The molecule has 4 nitrogen and oxygen atoms in total. The molecule has 0 heterocycles. The maximum absolute atomic E-state index is 12.3. The first-order valence-electron chi connectivity index (χ1n) is 7.50. The smallest absolute Gasteiger partial charge is 0.228 e. The Bertz CT molecular complexity index is 1010. The van der Waals surface area contributed by atoms with Crippen LogP contribution in [0.4, 0.5) is 5.69 Å². The van der Waals surface area contributed by atoms with Crippen LogP contribution in [0.15, 0.2) is 71.6 Å². The van der Waals surface area contributed by atoms with Crippen LogP contribution in [0.2, 0.25) is 0 Å². The van der Waals surface area contributed by atoms with Crippen LogP contribution in [-0.4, -0.2) is 20.6 Å². The number of rotatable bonds is 4. The van der Waals surface area contributed by atoms with Gasteiger partial charge in [0.15, 0.2) is 9.84 Å². The van der Waals surface area contributed by atoms with Crippen LogP contribution in [0.1, 0.15) is 5.56 Å². The third-order valence-electron chi connectivity index (χ3n) is 3.76. The predicted molar refractivity (Wildman–Crippen MR) is 95.8 cm³/mol. The first kappa shape index (κ1) is 16.2. The molecule has 0 atom stereocenters. The summed E-state index contributed by atoms with van der Waals surface area (Å²) in [5.41, 5.74) is 1.19. The molecule has 1 N–H and O–H groups in total. The summed E-state index contributed by atoms with van der Waals surface area (Å²) in [4.78, 5) is 12.5. The van der Waals surface area contributed by atoms with Gasteiger partial charge in [0.2, 0.25) is 5.91 Å². The Balaban J connectivity index is 1.81. The van der Waals surface area contributed by atoms with Crippen LogP contribution in [0.5, 0.6) is 0 Å². The molecule has 3 aromatic rings. The van der Waals surface area contributed by atoms with Gasteiger partial charge in [-0.25, -0.2) is 8.42 Å². The third-order valence-corrected chi connectivity index (χ3v) is 4.95. The number of anilines is 1.